The summed E-state index contributed by atoms with van der Waals surface area (Å²) in [4.78, 5) is 12.2. The zero-order valence-electron chi connectivity index (χ0n) is 14.2. The summed E-state index contributed by atoms with van der Waals surface area (Å²) >= 11 is 0. The van der Waals surface area contributed by atoms with Crippen LogP contribution in [0.2, 0.25) is 0 Å². The minimum absolute atomic E-state index is 0.0694. The molecule has 1 saturated carbocycles. The monoisotopic (exact) mass is 353 g/mol. The van der Waals surface area contributed by atoms with Crippen molar-refractivity contribution >= 4 is 11.7 Å². The van der Waals surface area contributed by atoms with Crippen molar-refractivity contribution in [2.75, 3.05) is 11.9 Å². The lowest BCUT2D eigenvalue weighted by Gasteiger charge is -2.14. The number of carbonyl (C=O) groups excluding carboxylic acids is 1. The summed E-state index contributed by atoms with van der Waals surface area (Å²) in [6.07, 6.45) is 7.86. The van der Waals surface area contributed by atoms with Crippen LogP contribution in [0.3, 0.4) is 0 Å². The van der Waals surface area contributed by atoms with Crippen LogP contribution in [0.4, 0.5) is 5.82 Å². The molecule has 4 rings (SSSR count). The lowest BCUT2D eigenvalue weighted by atomic mass is 10.2. The second kappa shape index (κ2) is 7.34. The number of nitrogens with one attached hydrogen (secondary N) is 1. The molecule has 0 unspecified atom stereocenters. The van der Waals surface area contributed by atoms with E-state index in [1.807, 2.05) is 22.9 Å². The molecule has 1 aromatic carbocycles. The van der Waals surface area contributed by atoms with E-state index in [1.54, 1.807) is 23.0 Å². The molecule has 1 amide bonds. The number of ether oxygens (including phenoxy) is 1. The minimum atomic E-state index is -0.214. The van der Waals surface area contributed by atoms with E-state index >= 15 is 0 Å². The van der Waals surface area contributed by atoms with E-state index in [0.29, 0.717) is 11.8 Å². The average Bonchev–Trinajstić information content (AvgIpc) is 3.41. The molecule has 1 N–H and O–H groups in total. The first-order valence-electron chi connectivity index (χ1n) is 8.59. The molecule has 2 aromatic heterocycles. The van der Waals surface area contributed by atoms with Crippen molar-refractivity contribution in [1.82, 2.24) is 30.0 Å². The third-order valence-electron chi connectivity index (χ3n) is 4.43. The number of tetrazole rings is 1. The van der Waals surface area contributed by atoms with Crippen LogP contribution in [0, 0.1) is 0 Å². The molecule has 9 nitrogen and oxygen atoms in total. The predicted molar refractivity (Wildman–Crippen MR) is 93.0 cm³/mol. The second-order valence-electron chi connectivity index (χ2n) is 6.18. The Bertz CT molecular complexity index is 852. The fourth-order valence-electron chi connectivity index (χ4n) is 3.16. The minimum Gasteiger partial charge on any atom is -0.484 e. The molecular weight excluding hydrogens is 334 g/mol. The Morgan fingerprint density at radius 3 is 2.73 bits per heavy atom. The van der Waals surface area contributed by atoms with Crippen LogP contribution in [0.5, 0.6) is 5.75 Å². The average molecular weight is 353 g/mol. The van der Waals surface area contributed by atoms with Gasteiger partial charge >= 0.3 is 0 Å². The standard InChI is InChI=1S/C17H19N7O2/c25-17(20-16-9-10-19-24(16)14-3-1-2-4-14)11-26-15-7-5-13(6-8-15)23-12-18-21-22-23/h5-10,12,14H,1-4,11H2,(H,20,25). The van der Waals surface area contributed by atoms with Crippen molar-refractivity contribution in [3.63, 3.8) is 0 Å². The van der Waals surface area contributed by atoms with Gasteiger partial charge in [-0.1, -0.05) is 12.8 Å². The van der Waals surface area contributed by atoms with E-state index in [1.165, 1.54) is 19.2 Å². The highest BCUT2D eigenvalue weighted by atomic mass is 16.5. The normalized spacial score (nSPS) is 14.5. The van der Waals surface area contributed by atoms with Gasteiger partial charge in [-0.15, -0.1) is 5.10 Å². The summed E-state index contributed by atoms with van der Waals surface area (Å²) in [6.45, 7) is -0.0694. The number of aromatic nitrogens is 6. The number of benzene rings is 1. The van der Waals surface area contributed by atoms with Crippen LogP contribution in [-0.4, -0.2) is 42.5 Å². The van der Waals surface area contributed by atoms with Gasteiger partial charge in [-0.2, -0.15) is 5.10 Å². The summed E-state index contributed by atoms with van der Waals surface area (Å²) < 4.78 is 9.00. The Morgan fingerprint density at radius 2 is 2.00 bits per heavy atom. The lowest BCUT2D eigenvalue weighted by Crippen LogP contribution is -2.23. The fourth-order valence-corrected chi connectivity index (χ4v) is 3.16. The fraction of sp³-hybridized carbons (Fsp3) is 0.353. The van der Waals surface area contributed by atoms with Crippen LogP contribution in [-0.2, 0) is 4.79 Å². The second-order valence-corrected chi connectivity index (χ2v) is 6.18. The Morgan fingerprint density at radius 1 is 1.19 bits per heavy atom. The number of anilines is 1. The van der Waals surface area contributed by atoms with E-state index in [2.05, 4.69) is 25.9 Å². The van der Waals surface area contributed by atoms with Crippen LogP contribution in [0.15, 0.2) is 42.9 Å². The van der Waals surface area contributed by atoms with Crippen LogP contribution in [0.1, 0.15) is 31.7 Å². The van der Waals surface area contributed by atoms with Gasteiger partial charge < -0.3 is 10.1 Å². The van der Waals surface area contributed by atoms with Gasteiger partial charge in [0.25, 0.3) is 5.91 Å². The van der Waals surface area contributed by atoms with Gasteiger partial charge in [0, 0.05) is 6.07 Å². The Hall–Kier alpha value is -3.23. The number of hydrogen-bond donors (Lipinski definition) is 1. The van der Waals surface area contributed by atoms with E-state index < -0.39 is 0 Å². The molecule has 0 radical (unpaired) electrons. The van der Waals surface area contributed by atoms with Crippen molar-refractivity contribution in [1.29, 1.82) is 0 Å². The molecule has 9 heteroatoms. The maximum absolute atomic E-state index is 12.2. The predicted octanol–water partition coefficient (Wildman–Crippen LogP) is 1.99. The summed E-state index contributed by atoms with van der Waals surface area (Å²) in [5.41, 5.74) is 0.812. The molecule has 1 aliphatic rings. The maximum atomic E-state index is 12.2. The molecule has 0 atom stereocenters. The summed E-state index contributed by atoms with van der Waals surface area (Å²) in [5, 5.41) is 18.2. The van der Waals surface area contributed by atoms with Gasteiger partial charge in [-0.3, -0.25) is 4.79 Å². The summed E-state index contributed by atoms with van der Waals surface area (Å²) in [6, 6.07) is 9.37. The molecule has 0 saturated heterocycles. The number of amides is 1. The molecule has 0 bridgehead atoms. The smallest absolute Gasteiger partial charge is 0.263 e. The third kappa shape index (κ3) is 3.56. The van der Waals surface area contributed by atoms with Crippen molar-refractivity contribution in [3.8, 4) is 11.4 Å². The highest BCUT2D eigenvalue weighted by Gasteiger charge is 2.20. The van der Waals surface area contributed by atoms with Gasteiger partial charge in [-0.05, 0) is 47.5 Å². The van der Waals surface area contributed by atoms with Crippen molar-refractivity contribution < 1.29 is 9.53 Å². The van der Waals surface area contributed by atoms with Gasteiger partial charge in [-0.25, -0.2) is 9.36 Å². The van der Waals surface area contributed by atoms with Crippen LogP contribution < -0.4 is 10.1 Å². The largest absolute Gasteiger partial charge is 0.484 e. The van der Waals surface area contributed by atoms with Gasteiger partial charge in [0.1, 0.15) is 17.9 Å². The van der Waals surface area contributed by atoms with Gasteiger partial charge in [0.15, 0.2) is 6.61 Å². The molecule has 2 heterocycles. The van der Waals surface area contributed by atoms with E-state index in [9.17, 15) is 4.79 Å². The van der Waals surface area contributed by atoms with Crippen molar-refractivity contribution in [2.45, 2.75) is 31.7 Å². The van der Waals surface area contributed by atoms with E-state index in [-0.39, 0.29) is 12.5 Å². The Kier molecular flexibility index (Phi) is 4.59. The number of carbonyl (C=O) groups is 1. The quantitative estimate of drug-likeness (QED) is 0.727. The SMILES string of the molecule is O=C(COc1ccc(-n2cnnn2)cc1)Nc1ccnn1C1CCCC1. The highest BCUT2D eigenvalue weighted by molar-refractivity contribution is 5.91. The van der Waals surface area contributed by atoms with Crippen molar-refractivity contribution in [3.05, 3.63) is 42.9 Å². The number of nitrogens with zero attached hydrogens (tertiary/aromatic N) is 6. The topological polar surface area (TPSA) is 99.8 Å². The summed E-state index contributed by atoms with van der Waals surface area (Å²) in [7, 11) is 0. The molecule has 3 aromatic rings. The molecule has 0 spiro atoms. The summed E-state index contributed by atoms with van der Waals surface area (Å²) in [5.74, 6) is 1.11. The first-order valence-corrected chi connectivity index (χ1v) is 8.59. The number of hydrogen-bond acceptors (Lipinski definition) is 6. The maximum Gasteiger partial charge on any atom is 0.263 e. The molecule has 0 aliphatic heterocycles. The van der Waals surface area contributed by atoms with E-state index in [0.717, 1.165) is 24.3 Å². The van der Waals surface area contributed by atoms with Crippen LogP contribution >= 0.6 is 0 Å². The highest BCUT2D eigenvalue weighted by Crippen LogP contribution is 2.31. The molecule has 1 fully saturated rings. The van der Waals surface area contributed by atoms with Gasteiger partial charge in [0.2, 0.25) is 0 Å². The number of rotatable bonds is 6. The third-order valence-corrected chi connectivity index (χ3v) is 4.43. The first kappa shape index (κ1) is 16.2. The molecule has 1 aliphatic carbocycles. The molecular formula is C17H19N7O2. The molecule has 26 heavy (non-hydrogen) atoms. The first-order chi connectivity index (χ1) is 12.8. The van der Waals surface area contributed by atoms with Crippen LogP contribution in [0.25, 0.3) is 5.69 Å². The van der Waals surface area contributed by atoms with Crippen molar-refractivity contribution in [2.24, 2.45) is 0 Å². The Balaban J connectivity index is 1.32. The zero-order valence-corrected chi connectivity index (χ0v) is 14.2. The van der Waals surface area contributed by atoms with Gasteiger partial charge in [0.05, 0.1) is 17.9 Å². The molecule has 134 valence electrons. The zero-order chi connectivity index (χ0) is 17.8. The van der Waals surface area contributed by atoms with E-state index in [4.69, 9.17) is 4.74 Å². The Labute approximate surface area is 150 Å². The lowest BCUT2D eigenvalue weighted by molar-refractivity contribution is -0.118.